The van der Waals surface area contributed by atoms with Crippen molar-refractivity contribution in [1.29, 1.82) is 0 Å². The van der Waals surface area contributed by atoms with Gasteiger partial charge >= 0.3 is 0 Å². The molecule has 4 aromatic carbocycles. The summed E-state index contributed by atoms with van der Waals surface area (Å²) in [6, 6.07) is 25.8. The summed E-state index contributed by atoms with van der Waals surface area (Å²) in [5, 5.41) is 3.00. The summed E-state index contributed by atoms with van der Waals surface area (Å²) in [5.41, 5.74) is 3.00. The number of carbonyl (C=O) groups excluding carboxylic acids is 2. The number of methoxy groups -OCH3 is 2. The van der Waals surface area contributed by atoms with Gasteiger partial charge in [0.1, 0.15) is 11.9 Å². The van der Waals surface area contributed by atoms with Crippen molar-refractivity contribution in [1.82, 2.24) is 14.9 Å². The van der Waals surface area contributed by atoms with Gasteiger partial charge in [-0.2, -0.15) is 0 Å². The fourth-order valence-corrected chi connectivity index (χ4v) is 6.23. The highest BCUT2D eigenvalue weighted by Crippen LogP contribution is 2.28. The van der Waals surface area contributed by atoms with Crippen molar-refractivity contribution in [3.05, 3.63) is 125 Å². The molecule has 0 saturated heterocycles. The van der Waals surface area contributed by atoms with Gasteiger partial charge in [0.25, 0.3) is 0 Å². The highest BCUT2D eigenvalue weighted by molar-refractivity contribution is 7.89. The second kappa shape index (κ2) is 16.7. The van der Waals surface area contributed by atoms with Gasteiger partial charge in [-0.05, 0) is 71.5 Å². The minimum absolute atomic E-state index is 0.0583. The van der Waals surface area contributed by atoms with Crippen molar-refractivity contribution < 1.29 is 31.9 Å². The minimum Gasteiger partial charge on any atom is -0.493 e. The molecule has 47 heavy (non-hydrogen) atoms. The van der Waals surface area contributed by atoms with E-state index in [4.69, 9.17) is 9.47 Å². The summed E-state index contributed by atoms with van der Waals surface area (Å²) in [7, 11) is -0.476. The van der Waals surface area contributed by atoms with Crippen LogP contribution < -0.4 is 19.5 Å². The molecule has 0 fully saturated rings. The molecule has 0 aliphatic heterocycles. The first-order chi connectivity index (χ1) is 22.6. The predicted molar refractivity (Wildman–Crippen MR) is 178 cm³/mol. The fourth-order valence-electron chi connectivity index (χ4n) is 5.18. The van der Waals surface area contributed by atoms with Crippen LogP contribution in [0.3, 0.4) is 0 Å². The molecule has 0 spiro atoms. The van der Waals surface area contributed by atoms with Gasteiger partial charge in [0.05, 0.1) is 19.1 Å². The molecule has 248 valence electrons. The maximum absolute atomic E-state index is 14.0. The van der Waals surface area contributed by atoms with E-state index in [0.29, 0.717) is 42.0 Å². The minimum atomic E-state index is -3.60. The lowest BCUT2D eigenvalue weighted by Crippen LogP contribution is -2.44. The SMILES string of the molecule is CCNS(=O)(=O)c1ccc(CCC(=O)N(Cc2ccc(F)cc2)C(C(=O)NCCc2ccc(OC)c(OC)c2)c2ccccc2)cc1. The van der Waals surface area contributed by atoms with E-state index in [9.17, 15) is 22.4 Å². The average molecular weight is 662 g/mol. The molecule has 4 rings (SSSR count). The van der Waals surface area contributed by atoms with E-state index < -0.39 is 21.9 Å². The van der Waals surface area contributed by atoms with Gasteiger partial charge in [-0.1, -0.05) is 67.6 Å². The molecule has 11 heteroatoms. The number of ether oxygens (including phenoxy) is 2. The molecule has 0 bridgehead atoms. The second-order valence-electron chi connectivity index (χ2n) is 10.8. The number of hydrogen-bond acceptors (Lipinski definition) is 6. The Bertz CT molecular complexity index is 1730. The standard InChI is InChI=1S/C36H40FN3O6S/c1-4-39-47(43,44)31-18-12-26(13-19-31)15-21-34(41)40(25-28-10-16-30(37)17-11-28)35(29-8-6-5-7-9-29)36(42)38-23-22-27-14-20-32(45-2)33(24-27)46-3/h5-14,16-20,24,35,39H,4,15,21-23,25H2,1-3H3,(H,38,42). The number of nitrogens with zero attached hydrogens (tertiary/aromatic N) is 1. The van der Waals surface area contributed by atoms with Crippen molar-refractivity contribution in [2.75, 3.05) is 27.3 Å². The Kier molecular flexibility index (Phi) is 12.5. The Balaban J connectivity index is 1.56. The Morgan fingerprint density at radius 1 is 0.809 bits per heavy atom. The van der Waals surface area contributed by atoms with Crippen molar-refractivity contribution in [3.63, 3.8) is 0 Å². The van der Waals surface area contributed by atoms with Gasteiger partial charge in [0.2, 0.25) is 21.8 Å². The lowest BCUT2D eigenvalue weighted by Gasteiger charge is -2.32. The smallest absolute Gasteiger partial charge is 0.247 e. The first-order valence-corrected chi connectivity index (χ1v) is 16.8. The lowest BCUT2D eigenvalue weighted by atomic mass is 10.0. The fraction of sp³-hybridized carbons (Fsp3) is 0.278. The number of hydrogen-bond donors (Lipinski definition) is 2. The van der Waals surface area contributed by atoms with Crippen LogP contribution in [0.5, 0.6) is 11.5 Å². The third-order valence-corrected chi connectivity index (χ3v) is 9.18. The van der Waals surface area contributed by atoms with Gasteiger partial charge < -0.3 is 19.7 Å². The second-order valence-corrected chi connectivity index (χ2v) is 12.6. The number of amides is 2. The van der Waals surface area contributed by atoms with E-state index in [0.717, 1.165) is 11.1 Å². The zero-order chi connectivity index (χ0) is 33.8. The number of benzene rings is 4. The van der Waals surface area contributed by atoms with Gasteiger partial charge in [-0.25, -0.2) is 17.5 Å². The molecular weight excluding hydrogens is 621 g/mol. The molecule has 0 aliphatic rings. The normalized spacial score (nSPS) is 11.8. The van der Waals surface area contributed by atoms with Crippen molar-refractivity contribution in [3.8, 4) is 11.5 Å². The molecule has 0 aliphatic carbocycles. The van der Waals surface area contributed by atoms with E-state index in [1.54, 1.807) is 63.6 Å². The number of nitrogens with one attached hydrogen (secondary N) is 2. The summed E-state index contributed by atoms with van der Waals surface area (Å²) >= 11 is 0. The highest BCUT2D eigenvalue weighted by atomic mass is 32.2. The number of sulfonamides is 1. The third kappa shape index (κ3) is 9.63. The van der Waals surface area contributed by atoms with E-state index in [1.165, 1.54) is 29.2 Å². The maximum Gasteiger partial charge on any atom is 0.247 e. The Morgan fingerprint density at radius 3 is 2.09 bits per heavy atom. The van der Waals surface area contributed by atoms with Crippen molar-refractivity contribution in [2.24, 2.45) is 0 Å². The summed E-state index contributed by atoms with van der Waals surface area (Å²) in [5.74, 6) is 0.142. The molecule has 2 amide bonds. The zero-order valence-electron chi connectivity index (χ0n) is 26.7. The number of halogens is 1. The molecule has 0 saturated carbocycles. The monoisotopic (exact) mass is 661 g/mol. The number of aryl methyl sites for hydroxylation is 1. The van der Waals surface area contributed by atoms with Gasteiger partial charge in [-0.3, -0.25) is 9.59 Å². The first kappa shape index (κ1) is 35.1. The van der Waals surface area contributed by atoms with E-state index in [-0.39, 0.29) is 36.2 Å². The third-order valence-electron chi connectivity index (χ3n) is 7.62. The molecule has 0 aromatic heterocycles. The molecule has 0 heterocycles. The van der Waals surface area contributed by atoms with E-state index in [2.05, 4.69) is 10.0 Å². The van der Waals surface area contributed by atoms with Crippen LogP contribution in [0.25, 0.3) is 0 Å². The summed E-state index contributed by atoms with van der Waals surface area (Å²) in [6.45, 7) is 2.35. The molecule has 2 N–H and O–H groups in total. The molecule has 0 radical (unpaired) electrons. The molecule has 1 atom stereocenters. The van der Waals surface area contributed by atoms with Crippen LogP contribution in [-0.2, 0) is 39.0 Å². The number of rotatable bonds is 16. The lowest BCUT2D eigenvalue weighted by molar-refractivity contribution is -0.141. The van der Waals surface area contributed by atoms with Crippen LogP contribution in [-0.4, -0.2) is 52.4 Å². The van der Waals surface area contributed by atoms with Crippen LogP contribution in [0.1, 0.15) is 41.6 Å². The Morgan fingerprint density at radius 2 is 1.45 bits per heavy atom. The number of carbonyl (C=O) groups is 2. The highest BCUT2D eigenvalue weighted by Gasteiger charge is 2.31. The van der Waals surface area contributed by atoms with Crippen LogP contribution in [0, 0.1) is 5.82 Å². The van der Waals surface area contributed by atoms with Crippen LogP contribution in [0.4, 0.5) is 4.39 Å². The van der Waals surface area contributed by atoms with E-state index in [1.807, 2.05) is 30.3 Å². The van der Waals surface area contributed by atoms with Gasteiger partial charge in [-0.15, -0.1) is 0 Å². The quantitative estimate of drug-likeness (QED) is 0.171. The molecule has 1 unspecified atom stereocenters. The molecule has 4 aromatic rings. The summed E-state index contributed by atoms with van der Waals surface area (Å²) < 4.78 is 51.6. The Hall–Kier alpha value is -4.74. The van der Waals surface area contributed by atoms with Crippen molar-refractivity contribution in [2.45, 2.75) is 43.7 Å². The summed E-state index contributed by atoms with van der Waals surface area (Å²) in [4.78, 5) is 29.6. The molecule has 9 nitrogen and oxygen atoms in total. The summed E-state index contributed by atoms with van der Waals surface area (Å²) in [6.07, 6.45) is 0.893. The Labute approximate surface area is 275 Å². The predicted octanol–water partition coefficient (Wildman–Crippen LogP) is 5.20. The average Bonchev–Trinajstić information content (AvgIpc) is 3.08. The largest absolute Gasteiger partial charge is 0.493 e. The maximum atomic E-state index is 14.0. The zero-order valence-corrected chi connectivity index (χ0v) is 27.6. The van der Waals surface area contributed by atoms with Gasteiger partial charge in [0, 0.05) is 26.1 Å². The van der Waals surface area contributed by atoms with Gasteiger partial charge in [0.15, 0.2) is 11.5 Å². The van der Waals surface area contributed by atoms with E-state index >= 15 is 0 Å². The first-order valence-electron chi connectivity index (χ1n) is 15.3. The van der Waals surface area contributed by atoms with Crippen LogP contribution >= 0.6 is 0 Å². The van der Waals surface area contributed by atoms with Crippen molar-refractivity contribution >= 4 is 21.8 Å². The van der Waals surface area contributed by atoms with Crippen LogP contribution in [0.2, 0.25) is 0 Å². The molecular formula is C36H40FN3O6S. The van der Waals surface area contributed by atoms with Crippen LogP contribution in [0.15, 0.2) is 102 Å². The topological polar surface area (TPSA) is 114 Å².